The first-order valence-electron chi connectivity index (χ1n) is 6.46. The minimum absolute atomic E-state index is 0.112. The molecule has 1 aromatic carbocycles. The van der Waals surface area contributed by atoms with Gasteiger partial charge in [0.15, 0.2) is 0 Å². The van der Waals surface area contributed by atoms with Crippen molar-refractivity contribution >= 4 is 22.9 Å². The fourth-order valence-electron chi connectivity index (χ4n) is 2.02. The van der Waals surface area contributed by atoms with Crippen LogP contribution >= 0.6 is 11.3 Å². The fourth-order valence-corrected chi connectivity index (χ4v) is 2.66. The molecule has 0 saturated carbocycles. The largest absolute Gasteiger partial charge is 0.366 e. The number of nitrogens with one attached hydrogen (secondary N) is 2. The molecule has 104 valence electrons. The van der Waals surface area contributed by atoms with Crippen LogP contribution < -0.4 is 10.6 Å². The number of carbonyl (C=O) groups is 1. The third kappa shape index (κ3) is 3.04. The van der Waals surface area contributed by atoms with E-state index >= 15 is 0 Å². The Bertz CT molecular complexity index is 563. The lowest BCUT2D eigenvalue weighted by Gasteiger charge is -2.22. The van der Waals surface area contributed by atoms with E-state index in [-0.39, 0.29) is 5.91 Å². The van der Waals surface area contributed by atoms with Gasteiger partial charge >= 0.3 is 0 Å². The van der Waals surface area contributed by atoms with Gasteiger partial charge in [0, 0.05) is 35.9 Å². The Morgan fingerprint density at radius 1 is 1.40 bits per heavy atom. The Kier molecular flexibility index (Phi) is 4.05. The quantitative estimate of drug-likeness (QED) is 0.903. The summed E-state index contributed by atoms with van der Waals surface area (Å²) in [7, 11) is 0. The van der Waals surface area contributed by atoms with E-state index in [1.165, 1.54) is 0 Å². The van der Waals surface area contributed by atoms with Crippen molar-refractivity contribution in [2.75, 3.05) is 25.0 Å². The molecule has 3 rings (SSSR count). The number of nitrogens with zero attached hydrogens (tertiary/aromatic N) is 1. The highest BCUT2D eigenvalue weighted by atomic mass is 32.1. The molecule has 1 aromatic heterocycles. The average Bonchev–Trinajstić information content (AvgIpc) is 3.03. The number of rotatable bonds is 3. The molecular formula is C14H15N3O2S. The molecular weight excluding hydrogens is 274 g/mol. The molecule has 2 N–H and O–H groups in total. The number of hydrogen-bond donors (Lipinski definition) is 2. The molecule has 2 aromatic rings. The molecule has 1 fully saturated rings. The summed E-state index contributed by atoms with van der Waals surface area (Å²) in [4.78, 5) is 16.2. The fraction of sp³-hybridized carbons (Fsp3) is 0.286. The van der Waals surface area contributed by atoms with Gasteiger partial charge < -0.3 is 15.4 Å². The summed E-state index contributed by atoms with van der Waals surface area (Å²) in [6.45, 7) is 1.93. The summed E-state index contributed by atoms with van der Waals surface area (Å²) >= 11 is 1.59. The zero-order valence-electron chi connectivity index (χ0n) is 10.8. The van der Waals surface area contributed by atoms with Crippen LogP contribution in [0.4, 0.5) is 5.69 Å². The second-order valence-corrected chi connectivity index (χ2v) is 5.36. The van der Waals surface area contributed by atoms with Gasteiger partial charge in [-0.05, 0) is 24.3 Å². The van der Waals surface area contributed by atoms with Gasteiger partial charge in [0.05, 0.1) is 6.61 Å². The maximum Gasteiger partial charge on any atom is 0.254 e. The predicted octanol–water partition coefficient (Wildman–Crippen LogP) is 1.74. The molecule has 0 bridgehead atoms. The van der Waals surface area contributed by atoms with Crippen LogP contribution in [0.5, 0.6) is 0 Å². The molecule has 1 aliphatic heterocycles. The Labute approximate surface area is 121 Å². The monoisotopic (exact) mass is 289 g/mol. The Balaban J connectivity index is 1.64. The lowest BCUT2D eigenvalue weighted by molar-refractivity contribution is -0.128. The molecule has 1 atom stereocenters. The van der Waals surface area contributed by atoms with Crippen molar-refractivity contribution < 1.29 is 9.53 Å². The molecule has 0 radical (unpaired) electrons. The van der Waals surface area contributed by atoms with Gasteiger partial charge in [0.2, 0.25) is 0 Å². The number of carbonyl (C=O) groups excluding carboxylic acids is 1. The molecule has 0 aliphatic carbocycles. The Morgan fingerprint density at radius 3 is 2.90 bits per heavy atom. The molecule has 1 saturated heterocycles. The van der Waals surface area contributed by atoms with Crippen LogP contribution in [0.3, 0.4) is 0 Å². The molecule has 1 unspecified atom stereocenters. The Morgan fingerprint density at radius 2 is 2.25 bits per heavy atom. The third-order valence-electron chi connectivity index (χ3n) is 3.05. The van der Waals surface area contributed by atoms with Crippen molar-refractivity contribution in [1.82, 2.24) is 10.3 Å². The van der Waals surface area contributed by atoms with E-state index in [1.54, 1.807) is 17.5 Å². The summed E-state index contributed by atoms with van der Waals surface area (Å²) in [5.74, 6) is -0.112. The predicted molar refractivity (Wildman–Crippen MR) is 78.8 cm³/mol. The minimum Gasteiger partial charge on any atom is -0.366 e. The van der Waals surface area contributed by atoms with E-state index in [2.05, 4.69) is 15.6 Å². The van der Waals surface area contributed by atoms with E-state index in [0.717, 1.165) is 22.8 Å². The second kappa shape index (κ2) is 6.13. The lowest BCUT2D eigenvalue weighted by Crippen LogP contribution is -2.45. The van der Waals surface area contributed by atoms with Crippen molar-refractivity contribution in [1.29, 1.82) is 0 Å². The maximum absolute atomic E-state index is 12.0. The van der Waals surface area contributed by atoms with Crippen LogP contribution in [0, 0.1) is 0 Å². The van der Waals surface area contributed by atoms with Crippen molar-refractivity contribution in [3.63, 3.8) is 0 Å². The van der Waals surface area contributed by atoms with Crippen molar-refractivity contribution in [2.24, 2.45) is 0 Å². The van der Waals surface area contributed by atoms with E-state index in [9.17, 15) is 4.79 Å². The van der Waals surface area contributed by atoms with Crippen LogP contribution in [-0.4, -0.2) is 36.7 Å². The topological polar surface area (TPSA) is 63.2 Å². The smallest absolute Gasteiger partial charge is 0.254 e. The number of morpholine rings is 1. The third-order valence-corrected chi connectivity index (χ3v) is 3.87. The Hall–Kier alpha value is -1.76. The highest BCUT2D eigenvalue weighted by Crippen LogP contribution is 2.23. The highest BCUT2D eigenvalue weighted by molar-refractivity contribution is 7.13. The first-order chi connectivity index (χ1) is 9.83. The van der Waals surface area contributed by atoms with Gasteiger partial charge in [0.1, 0.15) is 11.1 Å². The molecule has 20 heavy (non-hydrogen) atoms. The van der Waals surface area contributed by atoms with Gasteiger partial charge in [0.25, 0.3) is 5.91 Å². The molecule has 2 heterocycles. The number of anilines is 1. The summed E-state index contributed by atoms with van der Waals surface area (Å²) in [5.41, 5.74) is 1.82. The molecule has 1 amide bonds. The van der Waals surface area contributed by atoms with E-state index in [0.29, 0.717) is 13.2 Å². The van der Waals surface area contributed by atoms with Crippen LogP contribution in [0.2, 0.25) is 0 Å². The summed E-state index contributed by atoms with van der Waals surface area (Å²) in [5, 5.41) is 8.92. The van der Waals surface area contributed by atoms with Crippen molar-refractivity contribution in [3.05, 3.63) is 35.8 Å². The van der Waals surface area contributed by atoms with E-state index in [1.807, 2.05) is 29.6 Å². The maximum atomic E-state index is 12.0. The standard InChI is InChI=1S/C14H15N3O2S/c18-13(12-9-15-5-7-19-12)17-11-3-1-10(2-4-11)14-16-6-8-20-14/h1-4,6,8,12,15H,5,7,9H2,(H,17,18). The number of ether oxygens (including phenoxy) is 1. The van der Waals surface area contributed by atoms with Gasteiger partial charge in [-0.25, -0.2) is 4.98 Å². The minimum atomic E-state index is -0.414. The zero-order chi connectivity index (χ0) is 13.8. The second-order valence-electron chi connectivity index (χ2n) is 4.47. The summed E-state index contributed by atoms with van der Waals surface area (Å²) < 4.78 is 5.41. The van der Waals surface area contributed by atoms with Gasteiger partial charge in [-0.2, -0.15) is 0 Å². The van der Waals surface area contributed by atoms with Gasteiger partial charge in [-0.1, -0.05) is 0 Å². The van der Waals surface area contributed by atoms with Crippen LogP contribution in [0.25, 0.3) is 10.6 Å². The van der Waals surface area contributed by atoms with Crippen LogP contribution in [0.15, 0.2) is 35.8 Å². The molecule has 5 nitrogen and oxygen atoms in total. The number of hydrogen-bond acceptors (Lipinski definition) is 5. The van der Waals surface area contributed by atoms with Crippen molar-refractivity contribution in [2.45, 2.75) is 6.10 Å². The summed E-state index contributed by atoms with van der Waals surface area (Å²) in [6.07, 6.45) is 1.37. The first-order valence-corrected chi connectivity index (χ1v) is 7.34. The van der Waals surface area contributed by atoms with Gasteiger partial charge in [-0.15, -0.1) is 11.3 Å². The molecule has 0 spiro atoms. The average molecular weight is 289 g/mol. The van der Waals surface area contributed by atoms with Crippen LogP contribution in [-0.2, 0) is 9.53 Å². The molecule has 1 aliphatic rings. The number of thiazole rings is 1. The zero-order valence-corrected chi connectivity index (χ0v) is 11.7. The van der Waals surface area contributed by atoms with E-state index < -0.39 is 6.10 Å². The number of aromatic nitrogens is 1. The van der Waals surface area contributed by atoms with E-state index in [4.69, 9.17) is 4.74 Å². The lowest BCUT2D eigenvalue weighted by atomic mass is 10.2. The van der Waals surface area contributed by atoms with Gasteiger partial charge in [-0.3, -0.25) is 4.79 Å². The highest BCUT2D eigenvalue weighted by Gasteiger charge is 2.21. The summed E-state index contributed by atoms with van der Waals surface area (Å²) in [6, 6.07) is 7.67. The number of benzene rings is 1. The SMILES string of the molecule is O=C(Nc1ccc(-c2nccs2)cc1)C1CNCCO1. The number of amides is 1. The van der Waals surface area contributed by atoms with Crippen molar-refractivity contribution in [3.8, 4) is 10.6 Å². The molecule has 6 heteroatoms. The normalized spacial score (nSPS) is 18.7. The van der Waals surface area contributed by atoms with Crippen LogP contribution in [0.1, 0.15) is 0 Å². The first kappa shape index (κ1) is 13.2.